The largest absolute Gasteiger partial charge is 0.337 e. The minimum Gasteiger partial charge on any atom is -0.337 e. The van der Waals surface area contributed by atoms with E-state index in [0.717, 1.165) is 31.4 Å². The van der Waals surface area contributed by atoms with Gasteiger partial charge in [-0.1, -0.05) is 6.92 Å². The second-order valence-electron chi connectivity index (χ2n) is 8.53. The zero-order valence-electron chi connectivity index (χ0n) is 16.2. The first kappa shape index (κ1) is 18.0. The number of hydrogen-bond acceptors (Lipinski definition) is 4. The molecule has 1 atom stereocenters. The van der Waals surface area contributed by atoms with Gasteiger partial charge in [-0.2, -0.15) is 0 Å². The molecule has 0 aromatic carbocycles. The molecule has 4 rings (SSSR count). The van der Waals surface area contributed by atoms with Gasteiger partial charge in [0.2, 0.25) is 5.91 Å². The number of aryl methyl sites for hydroxylation is 1. The molecule has 3 fully saturated rings. The van der Waals surface area contributed by atoms with Gasteiger partial charge >= 0.3 is 0 Å². The molecule has 144 valence electrons. The summed E-state index contributed by atoms with van der Waals surface area (Å²) in [6, 6.07) is 1.16. The maximum absolute atomic E-state index is 13.3. The van der Waals surface area contributed by atoms with Gasteiger partial charge in [-0.15, -0.1) is 0 Å². The summed E-state index contributed by atoms with van der Waals surface area (Å²) in [7, 11) is 2.04. The molecule has 1 unspecified atom stereocenters. The Bertz CT molecular complexity index is 617. The molecule has 2 saturated carbocycles. The molecule has 1 amide bonds. The summed E-state index contributed by atoms with van der Waals surface area (Å²) in [5.41, 5.74) is 0. The number of carbonyl (C=O) groups is 1. The van der Waals surface area contributed by atoms with Crippen LogP contribution in [0, 0.1) is 5.92 Å². The predicted octanol–water partition coefficient (Wildman–Crippen LogP) is 1.94. The van der Waals surface area contributed by atoms with Crippen LogP contribution < -0.4 is 5.32 Å². The SMILES string of the molecule is CC1CCC(N(C(=O)CN2CCNCC2c2nccn2C)C2CC2)CC1. The van der Waals surface area contributed by atoms with Crippen molar-refractivity contribution in [3.63, 3.8) is 0 Å². The van der Waals surface area contributed by atoms with E-state index in [4.69, 9.17) is 0 Å². The standard InChI is InChI=1S/C20H33N5O/c1-15-3-5-16(6-4-15)25(17-7-8-17)19(26)14-24-12-9-21-13-18(24)20-22-10-11-23(20)2/h10-11,15-18,21H,3-9,12-14H2,1-2H3. The van der Waals surface area contributed by atoms with Gasteiger partial charge in [0.15, 0.2) is 0 Å². The number of hydrogen-bond donors (Lipinski definition) is 1. The molecule has 0 bridgehead atoms. The summed E-state index contributed by atoms with van der Waals surface area (Å²) in [5.74, 6) is 2.21. The first-order valence-corrected chi connectivity index (χ1v) is 10.4. The second-order valence-corrected chi connectivity index (χ2v) is 8.53. The Labute approximate surface area is 156 Å². The molecule has 2 heterocycles. The maximum atomic E-state index is 13.3. The Morgan fingerprint density at radius 2 is 1.92 bits per heavy atom. The van der Waals surface area contributed by atoms with Crippen LogP contribution in [0.15, 0.2) is 12.4 Å². The van der Waals surface area contributed by atoms with Crippen LogP contribution in [0.4, 0.5) is 0 Å². The summed E-state index contributed by atoms with van der Waals surface area (Å²) in [4.78, 5) is 22.5. The number of nitrogens with zero attached hydrogens (tertiary/aromatic N) is 4. The molecule has 1 aliphatic heterocycles. The van der Waals surface area contributed by atoms with E-state index in [-0.39, 0.29) is 6.04 Å². The lowest BCUT2D eigenvalue weighted by molar-refractivity contribution is -0.137. The first-order valence-electron chi connectivity index (χ1n) is 10.4. The summed E-state index contributed by atoms with van der Waals surface area (Å²) >= 11 is 0. The normalized spacial score (nSPS) is 30.3. The molecule has 1 saturated heterocycles. The van der Waals surface area contributed by atoms with Crippen LogP contribution in [0.1, 0.15) is 57.3 Å². The van der Waals surface area contributed by atoms with Gasteiger partial charge in [0.25, 0.3) is 0 Å². The van der Waals surface area contributed by atoms with Crippen molar-refractivity contribution in [2.75, 3.05) is 26.2 Å². The van der Waals surface area contributed by atoms with E-state index in [0.29, 0.717) is 24.5 Å². The van der Waals surface area contributed by atoms with E-state index in [1.165, 1.54) is 38.5 Å². The van der Waals surface area contributed by atoms with Crippen LogP contribution in [0.5, 0.6) is 0 Å². The quantitative estimate of drug-likeness (QED) is 0.873. The van der Waals surface area contributed by atoms with Gasteiger partial charge in [-0.05, 0) is 44.4 Å². The van der Waals surface area contributed by atoms with Gasteiger partial charge in [0, 0.05) is 51.2 Å². The lowest BCUT2D eigenvalue weighted by atomic mass is 9.86. The third kappa shape index (κ3) is 3.81. The molecule has 3 aliphatic rings. The lowest BCUT2D eigenvalue weighted by Gasteiger charge is -2.40. The van der Waals surface area contributed by atoms with Crippen molar-refractivity contribution < 1.29 is 4.79 Å². The summed E-state index contributed by atoms with van der Waals surface area (Å²) in [5, 5.41) is 3.47. The lowest BCUT2D eigenvalue weighted by Crippen LogP contribution is -2.53. The number of amides is 1. The van der Waals surface area contributed by atoms with Gasteiger partial charge in [-0.25, -0.2) is 4.98 Å². The minimum absolute atomic E-state index is 0.181. The number of carbonyl (C=O) groups excluding carboxylic acids is 1. The van der Waals surface area contributed by atoms with E-state index in [2.05, 4.69) is 31.6 Å². The van der Waals surface area contributed by atoms with Gasteiger partial charge in [-0.3, -0.25) is 9.69 Å². The smallest absolute Gasteiger partial charge is 0.237 e. The van der Waals surface area contributed by atoms with E-state index >= 15 is 0 Å². The second kappa shape index (κ2) is 7.69. The topological polar surface area (TPSA) is 53.4 Å². The molecule has 6 nitrogen and oxygen atoms in total. The van der Waals surface area contributed by atoms with Gasteiger partial charge in [0.1, 0.15) is 5.82 Å². The number of imidazole rings is 1. The first-order chi connectivity index (χ1) is 12.6. The van der Waals surface area contributed by atoms with Gasteiger partial charge < -0.3 is 14.8 Å². The molecule has 26 heavy (non-hydrogen) atoms. The average Bonchev–Trinajstić information content (AvgIpc) is 3.38. The van der Waals surface area contributed by atoms with Crippen molar-refractivity contribution >= 4 is 5.91 Å². The average molecular weight is 360 g/mol. The van der Waals surface area contributed by atoms with Crippen molar-refractivity contribution in [1.82, 2.24) is 24.7 Å². The highest BCUT2D eigenvalue weighted by atomic mass is 16.2. The maximum Gasteiger partial charge on any atom is 0.237 e. The third-order valence-electron chi connectivity index (χ3n) is 6.46. The highest BCUT2D eigenvalue weighted by Gasteiger charge is 2.39. The number of rotatable bonds is 5. The number of aromatic nitrogens is 2. The summed E-state index contributed by atoms with van der Waals surface area (Å²) in [6.07, 6.45) is 11.1. The van der Waals surface area contributed by atoms with Gasteiger partial charge in [0.05, 0.1) is 12.6 Å². The van der Waals surface area contributed by atoms with Crippen LogP contribution in [0.2, 0.25) is 0 Å². The Morgan fingerprint density at radius 1 is 1.23 bits per heavy atom. The van der Waals surface area contributed by atoms with E-state index in [9.17, 15) is 4.79 Å². The van der Waals surface area contributed by atoms with Crippen molar-refractivity contribution in [2.24, 2.45) is 13.0 Å². The molecular weight excluding hydrogens is 326 g/mol. The molecule has 0 radical (unpaired) electrons. The minimum atomic E-state index is 0.181. The van der Waals surface area contributed by atoms with E-state index < -0.39 is 0 Å². The van der Waals surface area contributed by atoms with Crippen molar-refractivity contribution in [3.8, 4) is 0 Å². The van der Waals surface area contributed by atoms with Crippen LogP contribution in [-0.2, 0) is 11.8 Å². The molecule has 2 aliphatic carbocycles. The number of piperazine rings is 1. The molecular formula is C20H33N5O. The Balaban J connectivity index is 1.45. The fraction of sp³-hybridized carbons (Fsp3) is 0.800. The van der Waals surface area contributed by atoms with Crippen LogP contribution in [0.3, 0.4) is 0 Å². The zero-order chi connectivity index (χ0) is 18.1. The van der Waals surface area contributed by atoms with Crippen LogP contribution in [0.25, 0.3) is 0 Å². The van der Waals surface area contributed by atoms with Crippen molar-refractivity contribution in [3.05, 3.63) is 18.2 Å². The highest BCUT2D eigenvalue weighted by Crippen LogP contribution is 2.35. The molecule has 1 aromatic heterocycles. The summed E-state index contributed by atoms with van der Waals surface area (Å²) < 4.78 is 2.08. The predicted molar refractivity (Wildman–Crippen MR) is 102 cm³/mol. The highest BCUT2D eigenvalue weighted by molar-refractivity contribution is 5.79. The third-order valence-corrected chi connectivity index (χ3v) is 6.46. The van der Waals surface area contributed by atoms with Crippen molar-refractivity contribution in [2.45, 2.75) is 63.6 Å². The Kier molecular flexibility index (Phi) is 5.32. The van der Waals surface area contributed by atoms with Crippen LogP contribution >= 0.6 is 0 Å². The fourth-order valence-corrected chi connectivity index (χ4v) is 4.72. The molecule has 1 aromatic rings. The van der Waals surface area contributed by atoms with E-state index in [1.807, 2.05) is 19.4 Å². The Morgan fingerprint density at radius 3 is 2.54 bits per heavy atom. The molecule has 1 N–H and O–H groups in total. The van der Waals surface area contributed by atoms with E-state index in [1.54, 1.807) is 0 Å². The van der Waals surface area contributed by atoms with Crippen LogP contribution in [-0.4, -0.2) is 63.5 Å². The molecule has 6 heteroatoms. The summed E-state index contributed by atoms with van der Waals surface area (Å²) in [6.45, 7) is 5.59. The molecule has 0 spiro atoms. The van der Waals surface area contributed by atoms with Crippen molar-refractivity contribution in [1.29, 1.82) is 0 Å². The zero-order valence-corrected chi connectivity index (χ0v) is 16.2. The monoisotopic (exact) mass is 359 g/mol. The Hall–Kier alpha value is -1.40. The fourth-order valence-electron chi connectivity index (χ4n) is 4.72. The number of nitrogens with one attached hydrogen (secondary N) is 1.